The highest BCUT2D eigenvalue weighted by molar-refractivity contribution is 6.02. The van der Waals surface area contributed by atoms with E-state index in [9.17, 15) is 28.0 Å². The molecule has 2 heterocycles. The Morgan fingerprint density at radius 1 is 1.15 bits per heavy atom. The van der Waals surface area contributed by atoms with Crippen LogP contribution in [0, 0.1) is 17.2 Å². The number of rotatable bonds is 9. The van der Waals surface area contributed by atoms with E-state index in [0.717, 1.165) is 12.8 Å². The standard InChI is InChI=1S/C27H31F3N6O3/c28-27(29,30)26(39-15-18-4-2-1-3-5-18)16-35(17-26)20-8-10-25(11-9-20,12-13-31)36-14-21(22(32)37)23(34-36)33-24(38)19-6-7-19/h1-5,14,19-20H,6-12,15-17H2,(H2,32,37)(H,33,34,38)/t20-,25+. The molecule has 1 saturated heterocycles. The van der Waals surface area contributed by atoms with Gasteiger partial charge in [-0.1, -0.05) is 30.3 Å². The summed E-state index contributed by atoms with van der Waals surface area (Å²) in [6, 6.07) is 10.9. The minimum absolute atomic E-state index is 0.0664. The summed E-state index contributed by atoms with van der Waals surface area (Å²) in [5.74, 6) is -0.988. The normalized spacial score (nSPS) is 24.9. The minimum atomic E-state index is -4.50. The van der Waals surface area contributed by atoms with Crippen molar-refractivity contribution in [3.8, 4) is 6.07 Å². The largest absolute Gasteiger partial charge is 0.419 e. The molecule has 2 amide bonds. The molecule has 1 aromatic carbocycles. The fourth-order valence-corrected chi connectivity index (χ4v) is 5.61. The number of likely N-dealkylation sites (tertiary alicyclic amines) is 1. The molecule has 2 saturated carbocycles. The molecular formula is C27H31F3N6O3. The van der Waals surface area contributed by atoms with Crippen LogP contribution in [0.1, 0.15) is 60.9 Å². The van der Waals surface area contributed by atoms with E-state index >= 15 is 0 Å². The van der Waals surface area contributed by atoms with E-state index < -0.39 is 23.2 Å². The van der Waals surface area contributed by atoms with Crippen molar-refractivity contribution in [1.82, 2.24) is 14.7 Å². The monoisotopic (exact) mass is 544 g/mol. The Bertz CT molecular complexity index is 1250. The van der Waals surface area contributed by atoms with Crippen LogP contribution in [0.15, 0.2) is 36.5 Å². The number of carbonyl (C=O) groups excluding carboxylic acids is 2. The first kappa shape index (κ1) is 27.1. The van der Waals surface area contributed by atoms with Crippen molar-refractivity contribution in [3.63, 3.8) is 0 Å². The SMILES string of the molecule is N#CC[C@]1(n2cc(C(N)=O)c(NC(=O)C3CC3)n2)CC[C@@H](N2CC(OCc3ccccc3)(C(F)(F)F)C2)CC1. The summed E-state index contributed by atoms with van der Waals surface area (Å²) in [6.45, 7) is -0.611. The highest BCUT2D eigenvalue weighted by Crippen LogP contribution is 2.46. The number of hydrogen-bond donors (Lipinski definition) is 2. The van der Waals surface area contributed by atoms with Crippen LogP contribution in [0.2, 0.25) is 0 Å². The summed E-state index contributed by atoms with van der Waals surface area (Å²) in [5, 5.41) is 16.7. The second-order valence-electron chi connectivity index (χ2n) is 10.9. The van der Waals surface area contributed by atoms with E-state index in [-0.39, 0.29) is 55.4 Å². The molecule has 5 rings (SSSR count). The van der Waals surface area contributed by atoms with Gasteiger partial charge < -0.3 is 15.8 Å². The molecule has 3 N–H and O–H groups in total. The number of nitrogens with two attached hydrogens (primary N) is 1. The molecule has 0 unspecified atom stereocenters. The Kier molecular flexibility index (Phi) is 7.15. The van der Waals surface area contributed by atoms with E-state index in [4.69, 9.17) is 10.5 Å². The molecule has 12 heteroatoms. The third-order valence-electron chi connectivity index (χ3n) is 8.26. The number of halogens is 3. The van der Waals surface area contributed by atoms with Gasteiger partial charge in [0.25, 0.3) is 5.91 Å². The number of nitriles is 1. The zero-order valence-corrected chi connectivity index (χ0v) is 21.4. The molecular weight excluding hydrogens is 513 g/mol. The topological polar surface area (TPSA) is 126 Å². The maximum Gasteiger partial charge on any atom is 0.419 e. The van der Waals surface area contributed by atoms with Crippen LogP contribution in [0.25, 0.3) is 0 Å². The van der Waals surface area contributed by atoms with E-state index in [2.05, 4.69) is 16.5 Å². The lowest BCUT2D eigenvalue weighted by Gasteiger charge is -2.54. The van der Waals surface area contributed by atoms with Crippen molar-refractivity contribution < 1.29 is 27.5 Å². The molecule has 9 nitrogen and oxygen atoms in total. The first-order valence-electron chi connectivity index (χ1n) is 13.1. The maximum absolute atomic E-state index is 14.0. The van der Waals surface area contributed by atoms with E-state index in [1.54, 1.807) is 39.9 Å². The van der Waals surface area contributed by atoms with Gasteiger partial charge in [0.1, 0.15) is 5.56 Å². The number of amides is 2. The van der Waals surface area contributed by atoms with Crippen molar-refractivity contribution in [1.29, 1.82) is 5.26 Å². The molecule has 1 aliphatic heterocycles. The predicted octanol–water partition coefficient (Wildman–Crippen LogP) is 3.72. The van der Waals surface area contributed by atoms with Crippen LogP contribution >= 0.6 is 0 Å². The Morgan fingerprint density at radius 3 is 2.38 bits per heavy atom. The zero-order valence-electron chi connectivity index (χ0n) is 21.4. The highest BCUT2D eigenvalue weighted by Gasteiger charge is 2.64. The summed E-state index contributed by atoms with van der Waals surface area (Å²) in [7, 11) is 0. The van der Waals surface area contributed by atoms with Crippen molar-refractivity contribution >= 4 is 17.6 Å². The second kappa shape index (κ2) is 10.3. The molecule has 0 atom stereocenters. The number of primary amides is 1. The van der Waals surface area contributed by atoms with E-state index in [1.165, 1.54) is 6.20 Å². The lowest BCUT2D eigenvalue weighted by Crippen LogP contribution is -2.72. The van der Waals surface area contributed by atoms with Crippen molar-refractivity contribution in [2.75, 3.05) is 18.4 Å². The third kappa shape index (κ3) is 5.38. The van der Waals surface area contributed by atoms with Crippen molar-refractivity contribution in [2.24, 2.45) is 11.7 Å². The quantitative estimate of drug-likeness (QED) is 0.496. The molecule has 0 spiro atoms. The van der Waals surface area contributed by atoms with Crippen LogP contribution in [0.4, 0.5) is 19.0 Å². The first-order valence-corrected chi connectivity index (χ1v) is 13.1. The molecule has 0 bridgehead atoms. The van der Waals surface area contributed by atoms with Crippen LogP contribution < -0.4 is 11.1 Å². The van der Waals surface area contributed by atoms with Crippen molar-refractivity contribution in [2.45, 2.75) is 74.9 Å². The van der Waals surface area contributed by atoms with Crippen LogP contribution in [0.5, 0.6) is 0 Å². The molecule has 39 heavy (non-hydrogen) atoms. The number of benzene rings is 1. The zero-order chi connectivity index (χ0) is 27.8. The molecule has 2 aliphatic carbocycles. The van der Waals surface area contributed by atoms with Crippen LogP contribution in [0.3, 0.4) is 0 Å². The first-order chi connectivity index (χ1) is 18.6. The summed E-state index contributed by atoms with van der Waals surface area (Å²) in [4.78, 5) is 26.2. The summed E-state index contributed by atoms with van der Waals surface area (Å²) < 4.78 is 49.1. The smallest absolute Gasteiger partial charge is 0.365 e. The molecule has 208 valence electrons. The third-order valence-corrected chi connectivity index (χ3v) is 8.26. The Hall–Kier alpha value is -3.43. The number of ether oxygens (including phenoxy) is 1. The summed E-state index contributed by atoms with van der Waals surface area (Å²) in [6.07, 6.45) is 0.666. The van der Waals surface area contributed by atoms with Gasteiger partial charge in [-0.05, 0) is 44.1 Å². The fourth-order valence-electron chi connectivity index (χ4n) is 5.61. The number of aromatic nitrogens is 2. The van der Waals surface area contributed by atoms with Crippen molar-refractivity contribution in [3.05, 3.63) is 47.7 Å². The molecule has 1 aromatic heterocycles. The number of nitrogens with zero attached hydrogens (tertiary/aromatic N) is 4. The lowest BCUT2D eigenvalue weighted by atomic mass is 9.75. The minimum Gasteiger partial charge on any atom is -0.365 e. The number of anilines is 1. The summed E-state index contributed by atoms with van der Waals surface area (Å²) in [5.41, 5.74) is 3.31. The Balaban J connectivity index is 1.26. The average Bonchev–Trinajstić information content (AvgIpc) is 3.64. The van der Waals surface area contributed by atoms with Gasteiger partial charge in [-0.15, -0.1) is 0 Å². The van der Waals surface area contributed by atoms with Gasteiger partial charge in [-0.3, -0.25) is 19.2 Å². The van der Waals surface area contributed by atoms with Gasteiger partial charge in [-0.2, -0.15) is 23.5 Å². The lowest BCUT2D eigenvalue weighted by molar-refractivity contribution is -0.327. The second-order valence-corrected chi connectivity index (χ2v) is 10.9. The van der Waals surface area contributed by atoms with Gasteiger partial charge in [0, 0.05) is 31.2 Å². The van der Waals surface area contributed by atoms with Gasteiger partial charge >= 0.3 is 6.18 Å². The number of nitrogens with one attached hydrogen (secondary N) is 1. The average molecular weight is 545 g/mol. The molecule has 3 fully saturated rings. The van der Waals surface area contributed by atoms with E-state index in [1.807, 2.05) is 0 Å². The maximum atomic E-state index is 14.0. The van der Waals surface area contributed by atoms with Gasteiger partial charge in [0.05, 0.1) is 24.6 Å². The Morgan fingerprint density at radius 2 is 1.82 bits per heavy atom. The molecule has 0 radical (unpaired) electrons. The number of hydrogen-bond acceptors (Lipinski definition) is 6. The van der Waals surface area contributed by atoms with Gasteiger partial charge in [-0.25, -0.2) is 0 Å². The van der Waals surface area contributed by atoms with Crippen LogP contribution in [-0.4, -0.2) is 57.4 Å². The summed E-state index contributed by atoms with van der Waals surface area (Å²) >= 11 is 0. The Labute approximate surface area is 224 Å². The number of alkyl halides is 3. The van der Waals surface area contributed by atoms with Gasteiger partial charge in [0.2, 0.25) is 5.91 Å². The highest BCUT2D eigenvalue weighted by atomic mass is 19.4. The predicted molar refractivity (Wildman–Crippen MR) is 134 cm³/mol. The van der Waals surface area contributed by atoms with Gasteiger partial charge in [0.15, 0.2) is 11.4 Å². The molecule has 3 aliphatic rings. The number of carbonyl (C=O) groups is 2. The van der Waals surface area contributed by atoms with E-state index in [0.29, 0.717) is 31.2 Å². The van der Waals surface area contributed by atoms with Crippen LogP contribution in [-0.2, 0) is 21.7 Å². The fraction of sp³-hybridized carbons (Fsp3) is 0.556. The molecule has 2 aromatic rings.